The van der Waals surface area contributed by atoms with Crippen LogP contribution in [-0.2, 0) is 10.0 Å². The van der Waals surface area contributed by atoms with Gasteiger partial charge in [-0.3, -0.25) is 4.57 Å². The zero-order chi connectivity index (χ0) is 14.5. The van der Waals surface area contributed by atoms with E-state index in [2.05, 4.69) is 10.2 Å². The summed E-state index contributed by atoms with van der Waals surface area (Å²) in [6.07, 6.45) is 1.73. The average Bonchev–Trinajstić information content (AvgIpc) is 3.04. The summed E-state index contributed by atoms with van der Waals surface area (Å²) in [4.78, 5) is 0. The Morgan fingerprint density at radius 3 is 2.25 bits per heavy atom. The molecule has 6 nitrogen and oxygen atoms in total. The van der Waals surface area contributed by atoms with Gasteiger partial charge in [0, 0.05) is 21.7 Å². The van der Waals surface area contributed by atoms with E-state index in [1.807, 2.05) is 0 Å². The lowest BCUT2D eigenvalue weighted by Gasteiger charge is -2.08. The molecule has 0 atom stereocenters. The SMILES string of the molecule is NS(=O)(=O)c1nnc(-c2cc(Cl)cc(Cl)c2)n1C1CC1. The van der Waals surface area contributed by atoms with Crippen molar-refractivity contribution < 1.29 is 8.42 Å². The summed E-state index contributed by atoms with van der Waals surface area (Å²) in [7, 11) is -3.92. The Morgan fingerprint density at radius 1 is 1.15 bits per heavy atom. The fourth-order valence-corrected chi connectivity index (χ4v) is 3.20. The Hall–Kier alpha value is -1.15. The first kappa shape index (κ1) is 13.8. The number of halogens is 2. The second-order valence-corrected chi connectivity index (χ2v) is 6.94. The molecule has 0 radical (unpaired) electrons. The molecular formula is C11H10Cl2N4O2S. The molecule has 1 aromatic heterocycles. The van der Waals surface area contributed by atoms with Gasteiger partial charge in [0.15, 0.2) is 5.82 Å². The molecule has 1 saturated carbocycles. The lowest BCUT2D eigenvalue weighted by atomic mass is 10.2. The Morgan fingerprint density at radius 2 is 1.75 bits per heavy atom. The molecule has 3 rings (SSSR count). The molecule has 2 N–H and O–H groups in total. The van der Waals surface area contributed by atoms with Crippen LogP contribution in [0.4, 0.5) is 0 Å². The fourth-order valence-electron chi connectivity index (χ4n) is 2.01. The molecule has 1 aromatic carbocycles. The number of hydrogen-bond acceptors (Lipinski definition) is 4. The number of benzene rings is 1. The maximum Gasteiger partial charge on any atom is 0.273 e. The van der Waals surface area contributed by atoms with Crippen LogP contribution in [0.3, 0.4) is 0 Å². The van der Waals surface area contributed by atoms with Crippen LogP contribution in [0.5, 0.6) is 0 Å². The third kappa shape index (κ3) is 2.54. The number of primary sulfonamides is 1. The van der Waals surface area contributed by atoms with Gasteiger partial charge in [-0.2, -0.15) is 0 Å². The molecule has 2 aromatic rings. The first-order valence-electron chi connectivity index (χ1n) is 5.80. The third-order valence-electron chi connectivity index (χ3n) is 2.95. The number of rotatable bonds is 3. The summed E-state index contributed by atoms with van der Waals surface area (Å²) in [5, 5.41) is 13.5. The number of sulfonamides is 1. The highest BCUT2D eigenvalue weighted by atomic mass is 35.5. The van der Waals surface area contributed by atoms with Crippen molar-refractivity contribution in [2.45, 2.75) is 24.0 Å². The van der Waals surface area contributed by atoms with Gasteiger partial charge in [-0.25, -0.2) is 13.6 Å². The molecule has 106 valence electrons. The minimum Gasteiger partial charge on any atom is -0.294 e. The molecule has 20 heavy (non-hydrogen) atoms. The lowest BCUT2D eigenvalue weighted by molar-refractivity contribution is 0.567. The van der Waals surface area contributed by atoms with Gasteiger partial charge in [-0.05, 0) is 31.0 Å². The highest BCUT2D eigenvalue weighted by Crippen LogP contribution is 2.40. The second kappa shape index (κ2) is 4.70. The van der Waals surface area contributed by atoms with Crippen LogP contribution < -0.4 is 5.14 Å². The number of hydrogen-bond donors (Lipinski definition) is 1. The number of aromatic nitrogens is 3. The van der Waals surface area contributed by atoms with Crippen molar-refractivity contribution in [3.05, 3.63) is 28.2 Å². The molecule has 0 aliphatic heterocycles. The Balaban J connectivity index is 2.22. The van der Waals surface area contributed by atoms with E-state index < -0.39 is 10.0 Å². The molecule has 1 fully saturated rings. The van der Waals surface area contributed by atoms with Gasteiger partial charge in [-0.15, -0.1) is 10.2 Å². The molecule has 1 aliphatic rings. The summed E-state index contributed by atoms with van der Waals surface area (Å²) >= 11 is 11.9. The Kier molecular flexibility index (Phi) is 3.24. The van der Waals surface area contributed by atoms with Crippen molar-refractivity contribution in [2.75, 3.05) is 0 Å². The molecule has 1 aliphatic carbocycles. The van der Waals surface area contributed by atoms with Crippen molar-refractivity contribution in [1.29, 1.82) is 0 Å². The normalized spacial score (nSPS) is 15.6. The van der Waals surface area contributed by atoms with Crippen LogP contribution >= 0.6 is 23.2 Å². The maximum atomic E-state index is 11.6. The minimum atomic E-state index is -3.92. The fraction of sp³-hybridized carbons (Fsp3) is 0.273. The predicted octanol–water partition coefficient (Wildman–Crippen LogP) is 2.23. The highest BCUT2D eigenvalue weighted by molar-refractivity contribution is 7.89. The maximum absolute atomic E-state index is 11.6. The zero-order valence-corrected chi connectivity index (χ0v) is 12.5. The van der Waals surface area contributed by atoms with E-state index in [0.29, 0.717) is 21.4 Å². The molecule has 0 unspecified atom stereocenters. The van der Waals surface area contributed by atoms with E-state index in [9.17, 15) is 8.42 Å². The van der Waals surface area contributed by atoms with Gasteiger partial charge in [0.1, 0.15) is 0 Å². The first-order valence-corrected chi connectivity index (χ1v) is 8.10. The van der Waals surface area contributed by atoms with E-state index in [-0.39, 0.29) is 11.2 Å². The van der Waals surface area contributed by atoms with E-state index in [4.69, 9.17) is 28.3 Å². The molecule has 0 saturated heterocycles. The van der Waals surface area contributed by atoms with Crippen molar-refractivity contribution in [3.8, 4) is 11.4 Å². The smallest absolute Gasteiger partial charge is 0.273 e. The van der Waals surface area contributed by atoms with Gasteiger partial charge < -0.3 is 0 Å². The predicted molar refractivity (Wildman–Crippen MR) is 75.1 cm³/mol. The second-order valence-electron chi connectivity index (χ2n) is 4.61. The van der Waals surface area contributed by atoms with E-state index in [0.717, 1.165) is 12.8 Å². The van der Waals surface area contributed by atoms with Crippen LogP contribution in [0, 0.1) is 0 Å². The van der Waals surface area contributed by atoms with E-state index in [1.165, 1.54) is 4.57 Å². The number of nitrogens with zero attached hydrogens (tertiary/aromatic N) is 3. The summed E-state index contributed by atoms with van der Waals surface area (Å²) in [5.74, 6) is 0.404. The number of nitrogens with two attached hydrogens (primary N) is 1. The van der Waals surface area contributed by atoms with Gasteiger partial charge in [0.2, 0.25) is 0 Å². The lowest BCUT2D eigenvalue weighted by Crippen LogP contribution is -2.18. The van der Waals surface area contributed by atoms with Gasteiger partial charge in [0.05, 0.1) is 0 Å². The van der Waals surface area contributed by atoms with Crippen LogP contribution in [-0.4, -0.2) is 23.2 Å². The molecular weight excluding hydrogens is 323 g/mol. The van der Waals surface area contributed by atoms with Gasteiger partial charge >= 0.3 is 0 Å². The van der Waals surface area contributed by atoms with Crippen LogP contribution in [0.1, 0.15) is 18.9 Å². The molecule has 9 heteroatoms. The third-order valence-corrected chi connectivity index (χ3v) is 4.18. The van der Waals surface area contributed by atoms with Crippen molar-refractivity contribution in [3.63, 3.8) is 0 Å². The summed E-state index contributed by atoms with van der Waals surface area (Å²) < 4.78 is 24.7. The van der Waals surface area contributed by atoms with Crippen molar-refractivity contribution in [1.82, 2.24) is 14.8 Å². The summed E-state index contributed by atoms with van der Waals surface area (Å²) in [5.41, 5.74) is 0.608. The molecule has 0 spiro atoms. The molecule has 0 bridgehead atoms. The van der Waals surface area contributed by atoms with E-state index >= 15 is 0 Å². The first-order chi connectivity index (χ1) is 9.36. The Labute approximate surface area is 125 Å². The average molecular weight is 333 g/mol. The molecule has 1 heterocycles. The minimum absolute atomic E-state index is 0.0473. The van der Waals surface area contributed by atoms with Crippen molar-refractivity contribution in [2.24, 2.45) is 5.14 Å². The highest BCUT2D eigenvalue weighted by Gasteiger charge is 2.33. The standard InChI is InChI=1S/C11H10Cl2N4O2S/c12-7-3-6(4-8(13)5-7)10-15-16-11(20(14,18)19)17(10)9-1-2-9/h3-5,9H,1-2H2,(H2,14,18,19). The molecule has 0 amide bonds. The quantitative estimate of drug-likeness (QED) is 0.932. The largest absolute Gasteiger partial charge is 0.294 e. The monoisotopic (exact) mass is 332 g/mol. The van der Waals surface area contributed by atoms with Gasteiger partial charge in [-0.1, -0.05) is 23.2 Å². The topological polar surface area (TPSA) is 90.9 Å². The van der Waals surface area contributed by atoms with Crippen LogP contribution in [0.2, 0.25) is 10.0 Å². The van der Waals surface area contributed by atoms with Crippen LogP contribution in [0.15, 0.2) is 23.4 Å². The van der Waals surface area contributed by atoms with Crippen LogP contribution in [0.25, 0.3) is 11.4 Å². The van der Waals surface area contributed by atoms with Crippen molar-refractivity contribution >= 4 is 33.2 Å². The summed E-state index contributed by atoms with van der Waals surface area (Å²) in [6, 6.07) is 4.95. The zero-order valence-electron chi connectivity index (χ0n) is 10.1. The summed E-state index contributed by atoms with van der Waals surface area (Å²) in [6.45, 7) is 0. The van der Waals surface area contributed by atoms with Gasteiger partial charge in [0.25, 0.3) is 15.2 Å². The Bertz CT molecular complexity index is 763. The van der Waals surface area contributed by atoms with E-state index in [1.54, 1.807) is 18.2 Å².